The molecule has 1 aliphatic rings. The Bertz CT molecular complexity index is 752. The number of aldehydes is 1. The van der Waals surface area contributed by atoms with E-state index in [-0.39, 0.29) is 24.4 Å². The van der Waals surface area contributed by atoms with Gasteiger partial charge < -0.3 is 9.64 Å². The molecule has 2 aromatic rings. The fraction of sp³-hybridized carbons (Fsp3) is 0.364. The van der Waals surface area contributed by atoms with E-state index in [9.17, 15) is 14.0 Å². The Hall–Kier alpha value is -2.69. The first kappa shape index (κ1) is 19.1. The molecular weight excluding hydrogens is 345 g/mol. The summed E-state index contributed by atoms with van der Waals surface area (Å²) in [4.78, 5) is 25.5. The third-order valence-electron chi connectivity index (χ3n) is 4.98. The van der Waals surface area contributed by atoms with E-state index < -0.39 is 0 Å². The van der Waals surface area contributed by atoms with Crippen molar-refractivity contribution >= 4 is 12.2 Å². The van der Waals surface area contributed by atoms with Crippen molar-refractivity contribution in [3.05, 3.63) is 65.5 Å². The molecule has 1 fully saturated rings. The number of hydrogen-bond donors (Lipinski definition) is 0. The topological polar surface area (TPSA) is 46.6 Å². The summed E-state index contributed by atoms with van der Waals surface area (Å²) in [5.41, 5.74) is 1.47. The van der Waals surface area contributed by atoms with Gasteiger partial charge in [0.25, 0.3) is 5.91 Å². The van der Waals surface area contributed by atoms with Crippen molar-refractivity contribution in [2.24, 2.45) is 0 Å². The number of benzene rings is 2. The van der Waals surface area contributed by atoms with Gasteiger partial charge in [0.15, 0.2) is 6.61 Å². The molecule has 0 aliphatic heterocycles. The van der Waals surface area contributed by atoms with Gasteiger partial charge in [0.2, 0.25) is 0 Å². The molecule has 1 aliphatic carbocycles. The van der Waals surface area contributed by atoms with Crippen LogP contribution in [0, 0.1) is 5.82 Å². The molecule has 27 heavy (non-hydrogen) atoms. The Morgan fingerprint density at radius 3 is 2.33 bits per heavy atom. The second kappa shape index (κ2) is 9.31. The first-order valence-electron chi connectivity index (χ1n) is 9.37. The molecule has 0 unspecified atom stereocenters. The van der Waals surface area contributed by atoms with Crippen LogP contribution in [0.25, 0.3) is 0 Å². The smallest absolute Gasteiger partial charge is 0.261 e. The zero-order valence-corrected chi connectivity index (χ0v) is 15.3. The van der Waals surface area contributed by atoms with Gasteiger partial charge in [0, 0.05) is 18.2 Å². The van der Waals surface area contributed by atoms with Crippen molar-refractivity contribution in [2.75, 3.05) is 6.61 Å². The van der Waals surface area contributed by atoms with E-state index in [1.165, 1.54) is 18.6 Å². The molecule has 142 valence electrons. The number of halogens is 1. The molecule has 0 radical (unpaired) electrons. The number of carbonyl (C=O) groups is 2. The number of carbonyl (C=O) groups excluding carboxylic acids is 2. The summed E-state index contributed by atoms with van der Waals surface area (Å²) in [6.45, 7) is 0.398. The third-order valence-corrected chi connectivity index (χ3v) is 4.98. The molecule has 0 atom stereocenters. The number of rotatable bonds is 7. The molecule has 0 heterocycles. The Balaban J connectivity index is 1.67. The minimum Gasteiger partial charge on any atom is -0.484 e. The van der Waals surface area contributed by atoms with Crippen molar-refractivity contribution in [1.82, 2.24) is 4.90 Å². The standard InChI is InChI=1S/C22H24FNO3/c23-19-10-6-17(7-11-19)14-24(20-4-2-1-3-5-20)22(26)16-27-21-12-8-18(15-25)9-13-21/h6-13,15,20H,1-5,14,16H2. The molecule has 4 nitrogen and oxygen atoms in total. The van der Waals surface area contributed by atoms with E-state index in [1.54, 1.807) is 36.4 Å². The maximum Gasteiger partial charge on any atom is 0.261 e. The largest absolute Gasteiger partial charge is 0.484 e. The van der Waals surface area contributed by atoms with Crippen LogP contribution in [0.4, 0.5) is 4.39 Å². The van der Waals surface area contributed by atoms with Crippen molar-refractivity contribution in [3.8, 4) is 5.75 Å². The number of ether oxygens (including phenoxy) is 1. The highest BCUT2D eigenvalue weighted by Gasteiger charge is 2.26. The highest BCUT2D eigenvalue weighted by Crippen LogP contribution is 2.24. The predicted octanol–water partition coefficient (Wildman–Crippen LogP) is 4.38. The molecule has 1 amide bonds. The lowest BCUT2D eigenvalue weighted by molar-refractivity contribution is -0.137. The average Bonchev–Trinajstić information content (AvgIpc) is 2.72. The molecule has 0 bridgehead atoms. The van der Waals surface area contributed by atoms with Crippen molar-refractivity contribution in [2.45, 2.75) is 44.7 Å². The molecule has 3 rings (SSSR count). The summed E-state index contributed by atoms with van der Waals surface area (Å²) >= 11 is 0. The van der Waals surface area contributed by atoms with E-state index in [1.807, 2.05) is 4.90 Å². The van der Waals surface area contributed by atoms with Crippen molar-refractivity contribution in [1.29, 1.82) is 0 Å². The molecule has 1 saturated carbocycles. The van der Waals surface area contributed by atoms with Crippen LogP contribution in [0.5, 0.6) is 5.75 Å². The number of amides is 1. The summed E-state index contributed by atoms with van der Waals surface area (Å²) < 4.78 is 18.8. The van der Waals surface area contributed by atoms with Crippen LogP contribution >= 0.6 is 0 Å². The first-order chi connectivity index (χ1) is 13.2. The minimum absolute atomic E-state index is 0.0574. The average molecular weight is 369 g/mol. The second-order valence-electron chi connectivity index (χ2n) is 6.92. The first-order valence-corrected chi connectivity index (χ1v) is 9.37. The van der Waals surface area contributed by atoms with Crippen molar-refractivity contribution in [3.63, 3.8) is 0 Å². The van der Waals surface area contributed by atoms with E-state index in [0.29, 0.717) is 17.9 Å². The van der Waals surface area contributed by atoms with E-state index in [0.717, 1.165) is 37.5 Å². The summed E-state index contributed by atoms with van der Waals surface area (Å²) in [7, 11) is 0. The van der Waals surface area contributed by atoms with Gasteiger partial charge in [0.05, 0.1) is 0 Å². The maximum absolute atomic E-state index is 13.2. The van der Waals surface area contributed by atoms with Crippen molar-refractivity contribution < 1.29 is 18.7 Å². The Morgan fingerprint density at radius 1 is 1.04 bits per heavy atom. The highest BCUT2D eigenvalue weighted by atomic mass is 19.1. The summed E-state index contributed by atoms with van der Waals surface area (Å²) in [6.07, 6.45) is 6.18. The van der Waals surface area contributed by atoms with Gasteiger partial charge >= 0.3 is 0 Å². The van der Waals surface area contributed by atoms with Gasteiger partial charge in [-0.25, -0.2) is 4.39 Å². The summed E-state index contributed by atoms with van der Waals surface area (Å²) in [5.74, 6) is 0.196. The van der Waals surface area contributed by atoms with Crippen LogP contribution in [0.15, 0.2) is 48.5 Å². The normalized spacial score (nSPS) is 14.6. The monoisotopic (exact) mass is 369 g/mol. The van der Waals surface area contributed by atoms with Gasteiger partial charge in [-0.1, -0.05) is 31.4 Å². The quantitative estimate of drug-likeness (QED) is 0.681. The predicted molar refractivity (Wildman–Crippen MR) is 101 cm³/mol. The Labute approximate surface area is 158 Å². The minimum atomic E-state index is -0.281. The highest BCUT2D eigenvalue weighted by molar-refractivity contribution is 5.78. The molecule has 0 aromatic heterocycles. The van der Waals surface area contributed by atoms with Gasteiger partial charge in [-0.3, -0.25) is 9.59 Å². The molecule has 0 saturated heterocycles. The fourth-order valence-corrected chi connectivity index (χ4v) is 3.47. The summed E-state index contributed by atoms with van der Waals surface area (Å²) in [5, 5.41) is 0. The van der Waals surface area contributed by atoms with Crippen LogP contribution in [0.1, 0.15) is 48.0 Å². The second-order valence-corrected chi connectivity index (χ2v) is 6.92. The lowest BCUT2D eigenvalue weighted by Crippen LogP contribution is -2.43. The van der Waals surface area contributed by atoms with E-state index in [2.05, 4.69) is 0 Å². The molecule has 5 heteroatoms. The molecule has 0 N–H and O–H groups in total. The Kier molecular flexibility index (Phi) is 6.58. The van der Waals surface area contributed by atoms with Gasteiger partial charge in [0.1, 0.15) is 17.9 Å². The van der Waals surface area contributed by atoms with E-state index in [4.69, 9.17) is 4.74 Å². The zero-order valence-electron chi connectivity index (χ0n) is 15.3. The van der Waals surface area contributed by atoms with E-state index >= 15 is 0 Å². The summed E-state index contributed by atoms with van der Waals surface area (Å²) in [6, 6.07) is 13.2. The Morgan fingerprint density at radius 2 is 1.70 bits per heavy atom. The van der Waals surface area contributed by atoms with Crippen LogP contribution in [-0.4, -0.2) is 29.7 Å². The van der Waals surface area contributed by atoms with Crippen LogP contribution in [0.3, 0.4) is 0 Å². The van der Waals surface area contributed by atoms with Gasteiger partial charge in [-0.2, -0.15) is 0 Å². The molecule has 0 spiro atoms. The molecule has 2 aromatic carbocycles. The number of hydrogen-bond acceptors (Lipinski definition) is 3. The third kappa shape index (κ3) is 5.39. The maximum atomic E-state index is 13.2. The SMILES string of the molecule is O=Cc1ccc(OCC(=O)N(Cc2ccc(F)cc2)C2CCCCC2)cc1. The fourth-order valence-electron chi connectivity index (χ4n) is 3.47. The lowest BCUT2D eigenvalue weighted by atomic mass is 9.93. The van der Waals surface area contributed by atoms with Crippen LogP contribution in [0.2, 0.25) is 0 Å². The number of nitrogens with zero attached hydrogens (tertiary/aromatic N) is 1. The van der Waals surface area contributed by atoms with Crippen LogP contribution < -0.4 is 4.74 Å². The lowest BCUT2D eigenvalue weighted by Gasteiger charge is -2.34. The van der Waals surface area contributed by atoms with Crippen LogP contribution in [-0.2, 0) is 11.3 Å². The zero-order chi connectivity index (χ0) is 19.1. The van der Waals surface area contributed by atoms with Gasteiger partial charge in [-0.15, -0.1) is 0 Å². The van der Waals surface area contributed by atoms with Gasteiger partial charge in [-0.05, 0) is 54.8 Å². The molecular formula is C22H24FNO3.